The first-order valence-corrected chi connectivity index (χ1v) is 10.3. The van der Waals surface area contributed by atoms with E-state index in [-0.39, 0.29) is 11.9 Å². The Hall–Kier alpha value is -4.34. The molecule has 3 heterocycles. The van der Waals surface area contributed by atoms with Crippen LogP contribution in [0.1, 0.15) is 6.92 Å². The summed E-state index contributed by atoms with van der Waals surface area (Å²) in [6.45, 7) is 2.21. The Labute approximate surface area is 188 Å². The summed E-state index contributed by atoms with van der Waals surface area (Å²) in [5.74, 6) is 0.407. The second-order valence-electron chi connectivity index (χ2n) is 7.45. The third-order valence-corrected chi connectivity index (χ3v) is 5.16. The molecule has 0 bridgehead atoms. The largest absolute Gasteiger partial charge is 0.496 e. The van der Waals surface area contributed by atoms with Crippen LogP contribution in [0, 0.1) is 5.82 Å². The zero-order chi connectivity index (χ0) is 22.8. The number of aromatic nitrogens is 7. The van der Waals surface area contributed by atoms with E-state index < -0.39 is 5.82 Å². The molecule has 2 aromatic carbocycles. The summed E-state index contributed by atoms with van der Waals surface area (Å²) < 4.78 is 29.0. The minimum atomic E-state index is -0.456. The molecule has 9 nitrogen and oxygen atoms in total. The van der Waals surface area contributed by atoms with Gasteiger partial charge >= 0.3 is 0 Å². The van der Waals surface area contributed by atoms with Crippen molar-refractivity contribution in [2.75, 3.05) is 7.11 Å². The predicted octanol–water partition coefficient (Wildman–Crippen LogP) is 3.67. The molecule has 0 aliphatic carbocycles. The van der Waals surface area contributed by atoms with E-state index in [2.05, 4.69) is 20.6 Å². The van der Waals surface area contributed by atoms with Crippen molar-refractivity contribution in [2.24, 2.45) is 0 Å². The Balaban J connectivity index is 1.48. The minimum Gasteiger partial charge on any atom is -0.496 e. The topological polar surface area (TPSA) is 92.2 Å². The van der Waals surface area contributed by atoms with Gasteiger partial charge in [-0.05, 0) is 47.7 Å². The van der Waals surface area contributed by atoms with Gasteiger partial charge in [0, 0.05) is 17.3 Å². The van der Waals surface area contributed by atoms with Gasteiger partial charge in [0.1, 0.15) is 18.2 Å². The Bertz CT molecular complexity index is 1400. The van der Waals surface area contributed by atoms with Gasteiger partial charge in [0.05, 0.1) is 31.1 Å². The molecule has 5 rings (SSSR count). The SMILES string of the molecule is COc1ccccc1-c1cnn2ccc(-c3ccc(F)c(O[C@@H](C)Cn4cnnn4)c3)nc12. The van der Waals surface area contributed by atoms with E-state index >= 15 is 0 Å². The second kappa shape index (κ2) is 8.65. The third-order valence-electron chi connectivity index (χ3n) is 5.16. The number of nitrogens with zero attached hydrogens (tertiary/aromatic N) is 7. The Morgan fingerprint density at radius 3 is 2.76 bits per heavy atom. The summed E-state index contributed by atoms with van der Waals surface area (Å²) in [5.41, 5.74) is 3.77. The summed E-state index contributed by atoms with van der Waals surface area (Å²) in [7, 11) is 1.63. The fraction of sp³-hybridized carbons (Fsp3) is 0.174. The molecule has 5 aromatic rings. The summed E-state index contributed by atoms with van der Waals surface area (Å²) in [5, 5.41) is 15.4. The van der Waals surface area contributed by atoms with Crippen molar-refractivity contribution >= 4 is 5.65 Å². The molecule has 0 radical (unpaired) electrons. The highest BCUT2D eigenvalue weighted by Crippen LogP contribution is 2.33. The summed E-state index contributed by atoms with van der Waals surface area (Å²) in [6.07, 6.45) is 4.71. The maximum Gasteiger partial charge on any atom is 0.165 e. The van der Waals surface area contributed by atoms with Crippen molar-refractivity contribution < 1.29 is 13.9 Å². The van der Waals surface area contributed by atoms with Crippen LogP contribution in [0.2, 0.25) is 0 Å². The van der Waals surface area contributed by atoms with Crippen LogP contribution in [-0.4, -0.2) is 48.0 Å². The maximum absolute atomic E-state index is 14.5. The van der Waals surface area contributed by atoms with Crippen molar-refractivity contribution in [1.82, 2.24) is 34.8 Å². The van der Waals surface area contributed by atoms with Gasteiger partial charge in [0.2, 0.25) is 0 Å². The fourth-order valence-corrected chi connectivity index (χ4v) is 3.62. The van der Waals surface area contributed by atoms with Crippen LogP contribution in [0.4, 0.5) is 4.39 Å². The molecule has 0 spiro atoms. The van der Waals surface area contributed by atoms with Crippen LogP contribution in [0.15, 0.2) is 67.3 Å². The lowest BCUT2D eigenvalue weighted by Gasteiger charge is -2.15. The number of fused-ring (bicyclic) bond motifs is 1. The van der Waals surface area contributed by atoms with E-state index in [1.807, 2.05) is 43.5 Å². The number of tetrazole rings is 1. The van der Waals surface area contributed by atoms with Gasteiger partial charge in [-0.3, -0.25) is 0 Å². The van der Waals surface area contributed by atoms with Crippen molar-refractivity contribution in [3.63, 3.8) is 0 Å². The number of rotatable bonds is 7. The molecule has 0 aliphatic rings. The van der Waals surface area contributed by atoms with Gasteiger partial charge in [-0.25, -0.2) is 18.6 Å². The molecule has 0 fully saturated rings. The molecule has 1 atom stereocenters. The molecule has 33 heavy (non-hydrogen) atoms. The zero-order valence-electron chi connectivity index (χ0n) is 18.0. The highest BCUT2D eigenvalue weighted by molar-refractivity contribution is 5.82. The van der Waals surface area contributed by atoms with E-state index in [0.29, 0.717) is 17.9 Å². The van der Waals surface area contributed by atoms with E-state index in [1.165, 1.54) is 17.1 Å². The first-order chi connectivity index (χ1) is 16.1. The number of ether oxygens (including phenoxy) is 2. The molecule has 0 amide bonds. The molecule has 10 heteroatoms. The summed E-state index contributed by atoms with van der Waals surface area (Å²) >= 11 is 0. The number of para-hydroxylation sites is 1. The third kappa shape index (κ3) is 4.10. The summed E-state index contributed by atoms with van der Waals surface area (Å²) in [6, 6.07) is 14.2. The summed E-state index contributed by atoms with van der Waals surface area (Å²) in [4.78, 5) is 4.80. The Morgan fingerprint density at radius 1 is 1.06 bits per heavy atom. The molecule has 0 unspecified atom stereocenters. The van der Waals surface area contributed by atoms with Gasteiger partial charge < -0.3 is 9.47 Å². The van der Waals surface area contributed by atoms with Crippen LogP contribution >= 0.6 is 0 Å². The zero-order valence-corrected chi connectivity index (χ0v) is 18.0. The standard InChI is InChI=1S/C23H20FN7O2/c1-15(13-30-14-25-28-29-30)33-22-11-16(7-8-19(22)24)20-9-10-31-23(27-20)18(12-26-31)17-5-3-4-6-21(17)32-2/h3-12,14-15H,13H2,1-2H3/t15-/m0/s1. The minimum absolute atomic E-state index is 0.133. The van der Waals surface area contributed by atoms with Crippen LogP contribution < -0.4 is 9.47 Å². The molecule has 3 aromatic heterocycles. The lowest BCUT2D eigenvalue weighted by atomic mass is 10.1. The lowest BCUT2D eigenvalue weighted by molar-refractivity contribution is 0.185. The maximum atomic E-state index is 14.5. The quantitative estimate of drug-likeness (QED) is 0.377. The van der Waals surface area contributed by atoms with Crippen LogP contribution in [0.25, 0.3) is 28.0 Å². The first-order valence-electron chi connectivity index (χ1n) is 10.3. The molecular weight excluding hydrogens is 425 g/mol. The number of hydrogen-bond acceptors (Lipinski definition) is 7. The Morgan fingerprint density at radius 2 is 1.94 bits per heavy atom. The average Bonchev–Trinajstić information content (AvgIpc) is 3.50. The highest BCUT2D eigenvalue weighted by Gasteiger charge is 2.15. The molecule has 0 aliphatic heterocycles. The van der Waals surface area contributed by atoms with Gasteiger partial charge in [0.15, 0.2) is 17.2 Å². The normalized spacial score (nSPS) is 12.1. The molecule has 0 saturated carbocycles. The lowest BCUT2D eigenvalue weighted by Crippen LogP contribution is -2.20. The van der Waals surface area contributed by atoms with Crippen LogP contribution in [-0.2, 0) is 6.54 Å². The average molecular weight is 445 g/mol. The number of methoxy groups -OCH3 is 1. The van der Waals surface area contributed by atoms with Crippen molar-refractivity contribution in [2.45, 2.75) is 19.6 Å². The number of benzene rings is 2. The predicted molar refractivity (Wildman–Crippen MR) is 118 cm³/mol. The molecule has 0 N–H and O–H groups in total. The van der Waals surface area contributed by atoms with E-state index in [4.69, 9.17) is 14.5 Å². The molecule has 0 saturated heterocycles. The van der Waals surface area contributed by atoms with Crippen molar-refractivity contribution in [3.8, 4) is 33.9 Å². The van der Waals surface area contributed by atoms with E-state index in [9.17, 15) is 4.39 Å². The van der Waals surface area contributed by atoms with Crippen LogP contribution in [0.5, 0.6) is 11.5 Å². The molecular formula is C23H20FN7O2. The van der Waals surface area contributed by atoms with E-state index in [0.717, 1.165) is 22.4 Å². The second-order valence-corrected chi connectivity index (χ2v) is 7.45. The van der Waals surface area contributed by atoms with Gasteiger partial charge in [-0.15, -0.1) is 5.10 Å². The Kier molecular flexibility index (Phi) is 5.39. The first kappa shape index (κ1) is 20.6. The fourth-order valence-electron chi connectivity index (χ4n) is 3.62. The van der Waals surface area contributed by atoms with Gasteiger partial charge in [-0.1, -0.05) is 18.2 Å². The highest BCUT2D eigenvalue weighted by atomic mass is 19.1. The smallest absolute Gasteiger partial charge is 0.165 e. The van der Waals surface area contributed by atoms with E-state index in [1.54, 1.807) is 30.0 Å². The van der Waals surface area contributed by atoms with Crippen LogP contribution in [0.3, 0.4) is 0 Å². The van der Waals surface area contributed by atoms with Crippen molar-refractivity contribution in [3.05, 3.63) is 73.1 Å². The van der Waals surface area contributed by atoms with Gasteiger partial charge in [0.25, 0.3) is 0 Å². The molecule has 166 valence electrons. The van der Waals surface area contributed by atoms with Crippen molar-refractivity contribution in [1.29, 1.82) is 0 Å². The monoisotopic (exact) mass is 445 g/mol. The van der Waals surface area contributed by atoms with Gasteiger partial charge in [-0.2, -0.15) is 5.10 Å². The number of hydrogen-bond donors (Lipinski definition) is 0. The number of halogens is 1.